The van der Waals surface area contributed by atoms with Gasteiger partial charge in [0.1, 0.15) is 5.75 Å². The Kier molecular flexibility index (Phi) is 3.87. The standard InChI is InChI=1S/C14H19NO3/c1-9(10-3-5-11(18-2)6-4-10)15-13-8-7-12(13)14(16)17/h3-6,9,12-13,15H,7-8H2,1-2H3,(H,16,17). The molecule has 0 spiro atoms. The van der Waals surface area contributed by atoms with Crippen LogP contribution >= 0.6 is 0 Å². The Hall–Kier alpha value is -1.55. The quantitative estimate of drug-likeness (QED) is 0.840. The molecule has 0 aromatic heterocycles. The molecule has 0 radical (unpaired) electrons. The molecular formula is C14H19NO3. The molecule has 0 heterocycles. The number of hydrogen-bond acceptors (Lipinski definition) is 3. The summed E-state index contributed by atoms with van der Waals surface area (Å²) in [7, 11) is 1.64. The second-order valence-corrected chi connectivity index (χ2v) is 4.79. The lowest BCUT2D eigenvalue weighted by atomic mass is 9.79. The molecule has 2 N–H and O–H groups in total. The summed E-state index contributed by atoms with van der Waals surface area (Å²) in [4.78, 5) is 10.9. The summed E-state index contributed by atoms with van der Waals surface area (Å²) in [5.41, 5.74) is 1.15. The van der Waals surface area contributed by atoms with Crippen LogP contribution in [0.25, 0.3) is 0 Å². The second-order valence-electron chi connectivity index (χ2n) is 4.79. The Morgan fingerprint density at radius 3 is 2.50 bits per heavy atom. The molecule has 1 saturated carbocycles. The lowest BCUT2D eigenvalue weighted by molar-refractivity contribution is -0.146. The zero-order valence-corrected chi connectivity index (χ0v) is 10.7. The van der Waals surface area contributed by atoms with E-state index in [1.54, 1.807) is 7.11 Å². The van der Waals surface area contributed by atoms with Gasteiger partial charge in [-0.25, -0.2) is 0 Å². The molecule has 4 heteroatoms. The van der Waals surface area contributed by atoms with E-state index in [1.807, 2.05) is 24.3 Å². The van der Waals surface area contributed by atoms with E-state index in [2.05, 4.69) is 12.2 Å². The highest BCUT2D eigenvalue weighted by atomic mass is 16.5. The number of aliphatic carboxylic acids is 1. The highest BCUT2D eigenvalue weighted by Crippen LogP contribution is 2.30. The Morgan fingerprint density at radius 2 is 2.06 bits per heavy atom. The van der Waals surface area contributed by atoms with E-state index in [4.69, 9.17) is 9.84 Å². The number of carbonyl (C=O) groups is 1. The largest absolute Gasteiger partial charge is 0.497 e. The van der Waals surface area contributed by atoms with Crippen molar-refractivity contribution in [2.75, 3.05) is 7.11 Å². The van der Waals surface area contributed by atoms with Gasteiger partial charge in [-0.1, -0.05) is 12.1 Å². The molecule has 0 aliphatic heterocycles. The van der Waals surface area contributed by atoms with Gasteiger partial charge in [0.15, 0.2) is 0 Å². The van der Waals surface area contributed by atoms with Gasteiger partial charge in [-0.15, -0.1) is 0 Å². The maximum Gasteiger partial charge on any atom is 0.308 e. The molecule has 0 bridgehead atoms. The Labute approximate surface area is 107 Å². The third-order valence-electron chi connectivity index (χ3n) is 3.67. The monoisotopic (exact) mass is 249 g/mol. The first-order valence-electron chi connectivity index (χ1n) is 6.24. The summed E-state index contributed by atoms with van der Waals surface area (Å²) in [5, 5.41) is 12.4. The van der Waals surface area contributed by atoms with Crippen molar-refractivity contribution in [3.8, 4) is 5.75 Å². The van der Waals surface area contributed by atoms with Crippen LogP contribution in [-0.4, -0.2) is 24.2 Å². The number of nitrogens with one attached hydrogen (secondary N) is 1. The average molecular weight is 249 g/mol. The van der Waals surface area contributed by atoms with Crippen molar-refractivity contribution in [2.24, 2.45) is 5.92 Å². The van der Waals surface area contributed by atoms with Crippen LogP contribution in [0.1, 0.15) is 31.4 Å². The third-order valence-corrected chi connectivity index (χ3v) is 3.67. The number of carboxylic acids is 1. The fraction of sp³-hybridized carbons (Fsp3) is 0.500. The summed E-state index contributed by atoms with van der Waals surface area (Å²) in [5.74, 6) is -0.0932. The summed E-state index contributed by atoms with van der Waals surface area (Å²) in [6, 6.07) is 8.10. The van der Waals surface area contributed by atoms with Crippen LogP contribution in [0, 0.1) is 5.92 Å². The molecule has 1 aromatic carbocycles. The Bertz CT molecular complexity index is 416. The average Bonchev–Trinajstić information content (AvgIpc) is 2.33. The highest BCUT2D eigenvalue weighted by molar-refractivity contribution is 5.72. The van der Waals surface area contributed by atoms with Gasteiger partial charge >= 0.3 is 5.97 Å². The van der Waals surface area contributed by atoms with Gasteiger partial charge in [-0.2, -0.15) is 0 Å². The summed E-state index contributed by atoms with van der Waals surface area (Å²) in [6.45, 7) is 2.05. The minimum atomic E-state index is -0.694. The van der Waals surface area contributed by atoms with Gasteiger partial charge in [-0.05, 0) is 37.5 Å². The van der Waals surface area contributed by atoms with E-state index in [0.29, 0.717) is 0 Å². The predicted octanol–water partition coefficient (Wildman–Crippen LogP) is 2.21. The smallest absolute Gasteiger partial charge is 0.308 e. The van der Waals surface area contributed by atoms with Crippen molar-refractivity contribution in [2.45, 2.75) is 31.8 Å². The molecule has 4 nitrogen and oxygen atoms in total. The minimum Gasteiger partial charge on any atom is -0.497 e. The first-order chi connectivity index (χ1) is 8.61. The molecule has 3 atom stereocenters. The van der Waals surface area contributed by atoms with Crippen LogP contribution < -0.4 is 10.1 Å². The molecule has 0 saturated heterocycles. The second kappa shape index (κ2) is 5.40. The first-order valence-corrected chi connectivity index (χ1v) is 6.24. The van der Waals surface area contributed by atoms with Crippen LogP contribution in [0.5, 0.6) is 5.75 Å². The zero-order valence-electron chi connectivity index (χ0n) is 10.7. The zero-order chi connectivity index (χ0) is 13.1. The summed E-state index contributed by atoms with van der Waals surface area (Å²) in [6.07, 6.45) is 1.72. The van der Waals surface area contributed by atoms with E-state index in [-0.39, 0.29) is 18.0 Å². The Balaban J connectivity index is 1.94. The van der Waals surface area contributed by atoms with Crippen LogP contribution in [-0.2, 0) is 4.79 Å². The van der Waals surface area contributed by atoms with Crippen LogP contribution in [0.4, 0.5) is 0 Å². The van der Waals surface area contributed by atoms with Gasteiger partial charge in [0.2, 0.25) is 0 Å². The van der Waals surface area contributed by atoms with Crippen molar-refractivity contribution in [1.82, 2.24) is 5.32 Å². The molecule has 0 amide bonds. The molecule has 18 heavy (non-hydrogen) atoms. The van der Waals surface area contributed by atoms with Gasteiger partial charge in [0, 0.05) is 12.1 Å². The first kappa shape index (κ1) is 12.9. The van der Waals surface area contributed by atoms with Crippen molar-refractivity contribution in [3.63, 3.8) is 0 Å². The molecular weight excluding hydrogens is 230 g/mol. The van der Waals surface area contributed by atoms with Gasteiger partial charge in [0.25, 0.3) is 0 Å². The number of methoxy groups -OCH3 is 1. The lowest BCUT2D eigenvalue weighted by Crippen LogP contribution is -2.48. The van der Waals surface area contributed by atoms with Crippen LogP contribution in [0.15, 0.2) is 24.3 Å². The van der Waals surface area contributed by atoms with Crippen molar-refractivity contribution in [3.05, 3.63) is 29.8 Å². The minimum absolute atomic E-state index is 0.0969. The maximum absolute atomic E-state index is 10.9. The normalized spacial score (nSPS) is 24.1. The fourth-order valence-electron chi connectivity index (χ4n) is 2.30. The SMILES string of the molecule is COc1ccc(C(C)NC2CCC2C(=O)O)cc1. The molecule has 1 fully saturated rings. The molecule has 1 aromatic rings. The van der Waals surface area contributed by atoms with E-state index in [0.717, 1.165) is 24.2 Å². The van der Waals surface area contributed by atoms with Gasteiger partial charge in [0.05, 0.1) is 13.0 Å². The topological polar surface area (TPSA) is 58.6 Å². The molecule has 1 aliphatic rings. The van der Waals surface area contributed by atoms with Crippen molar-refractivity contribution < 1.29 is 14.6 Å². The maximum atomic E-state index is 10.9. The van der Waals surface area contributed by atoms with Gasteiger partial charge < -0.3 is 15.2 Å². The number of ether oxygens (including phenoxy) is 1. The highest BCUT2D eigenvalue weighted by Gasteiger charge is 2.37. The molecule has 1 aliphatic carbocycles. The summed E-state index contributed by atoms with van der Waals surface area (Å²) < 4.78 is 5.11. The van der Waals surface area contributed by atoms with E-state index < -0.39 is 5.97 Å². The fourth-order valence-corrected chi connectivity index (χ4v) is 2.30. The van der Waals surface area contributed by atoms with E-state index in [9.17, 15) is 4.79 Å². The predicted molar refractivity (Wildman–Crippen MR) is 68.7 cm³/mol. The van der Waals surface area contributed by atoms with Crippen molar-refractivity contribution in [1.29, 1.82) is 0 Å². The van der Waals surface area contributed by atoms with E-state index in [1.165, 1.54) is 0 Å². The van der Waals surface area contributed by atoms with Crippen molar-refractivity contribution >= 4 is 5.97 Å². The van der Waals surface area contributed by atoms with Crippen LogP contribution in [0.2, 0.25) is 0 Å². The number of carboxylic acid groups (broad SMARTS) is 1. The summed E-state index contributed by atoms with van der Waals surface area (Å²) >= 11 is 0. The lowest BCUT2D eigenvalue weighted by Gasteiger charge is -2.36. The van der Waals surface area contributed by atoms with Crippen LogP contribution in [0.3, 0.4) is 0 Å². The molecule has 98 valence electrons. The molecule has 2 rings (SSSR count). The Morgan fingerprint density at radius 1 is 1.39 bits per heavy atom. The number of benzene rings is 1. The molecule has 3 unspecified atom stereocenters. The van der Waals surface area contributed by atoms with Gasteiger partial charge in [-0.3, -0.25) is 4.79 Å². The third kappa shape index (κ3) is 2.64. The van der Waals surface area contributed by atoms with E-state index >= 15 is 0 Å². The number of rotatable bonds is 5. The number of hydrogen-bond donors (Lipinski definition) is 2.